The average molecular weight is 307 g/mol. The van der Waals surface area contributed by atoms with Gasteiger partial charge >= 0.3 is 0 Å². The van der Waals surface area contributed by atoms with Crippen molar-refractivity contribution in [3.05, 3.63) is 83.9 Å². The third-order valence-corrected chi connectivity index (χ3v) is 4.31. The van der Waals surface area contributed by atoms with Gasteiger partial charge in [0.2, 0.25) is 0 Å². The van der Waals surface area contributed by atoms with Crippen molar-refractivity contribution in [3.8, 4) is 0 Å². The number of carbonyl (C=O) groups is 1. The average Bonchev–Trinajstić information content (AvgIpc) is 2.85. The Morgan fingerprint density at radius 2 is 1.57 bits per heavy atom. The molecular weight excluding hydrogens is 286 g/mol. The Hall–Kier alpha value is -2.39. The second kappa shape index (κ2) is 7.25. The molecule has 0 saturated carbocycles. The summed E-state index contributed by atoms with van der Waals surface area (Å²) in [6, 6.07) is 19.1. The second-order valence-electron chi connectivity index (χ2n) is 5.78. The summed E-state index contributed by atoms with van der Waals surface area (Å²) in [4.78, 5) is 14.9. The van der Waals surface area contributed by atoms with E-state index in [-0.39, 0.29) is 24.6 Å². The van der Waals surface area contributed by atoms with Gasteiger partial charge in [0.25, 0.3) is 5.91 Å². The summed E-state index contributed by atoms with van der Waals surface area (Å²) in [5, 5.41) is 9.82. The lowest BCUT2D eigenvalue weighted by Crippen LogP contribution is -2.44. The zero-order valence-corrected chi connectivity index (χ0v) is 13.0. The van der Waals surface area contributed by atoms with Crippen LogP contribution in [-0.4, -0.2) is 28.6 Å². The van der Waals surface area contributed by atoms with Crippen LogP contribution < -0.4 is 0 Å². The lowest BCUT2D eigenvalue weighted by molar-refractivity contribution is 0.0476. The maximum atomic E-state index is 13.1. The number of aliphatic hydroxyl groups excluding tert-OH is 1. The van der Waals surface area contributed by atoms with E-state index in [4.69, 9.17) is 0 Å². The molecule has 2 aromatic rings. The van der Waals surface area contributed by atoms with Crippen LogP contribution in [0.25, 0.3) is 0 Å². The zero-order valence-electron chi connectivity index (χ0n) is 13.0. The molecule has 2 atom stereocenters. The van der Waals surface area contributed by atoms with Crippen molar-refractivity contribution >= 4 is 5.91 Å². The SMILES string of the molecule is O=C(c1ccccc1)N1[C@H](CO)CC=CC[C@@H]1c1ccccc1. The van der Waals surface area contributed by atoms with Crippen LogP contribution in [0.1, 0.15) is 34.8 Å². The normalized spacial score (nSPS) is 21.0. The highest BCUT2D eigenvalue weighted by atomic mass is 16.3. The number of amides is 1. The molecule has 3 rings (SSSR count). The quantitative estimate of drug-likeness (QED) is 0.881. The Morgan fingerprint density at radius 3 is 2.22 bits per heavy atom. The summed E-state index contributed by atoms with van der Waals surface area (Å²) < 4.78 is 0. The molecule has 0 fully saturated rings. The Balaban J connectivity index is 2.00. The van der Waals surface area contributed by atoms with Gasteiger partial charge in [0.05, 0.1) is 18.7 Å². The van der Waals surface area contributed by atoms with E-state index in [1.807, 2.05) is 65.6 Å². The van der Waals surface area contributed by atoms with Gasteiger partial charge in [-0.3, -0.25) is 4.79 Å². The van der Waals surface area contributed by atoms with Crippen LogP contribution in [-0.2, 0) is 0 Å². The van der Waals surface area contributed by atoms with E-state index >= 15 is 0 Å². The highest BCUT2D eigenvalue weighted by Crippen LogP contribution is 2.31. The molecule has 1 N–H and O–H groups in total. The fraction of sp³-hybridized carbons (Fsp3) is 0.250. The van der Waals surface area contributed by atoms with Crippen molar-refractivity contribution in [2.75, 3.05) is 6.61 Å². The standard InChI is InChI=1S/C20H21NO2/c22-15-18-13-7-8-14-19(16-9-3-1-4-10-16)21(18)20(23)17-11-5-2-6-12-17/h1-12,18-19,22H,13-15H2/t18-,19+/m0/s1. The first-order valence-corrected chi connectivity index (χ1v) is 7.99. The summed E-state index contributed by atoms with van der Waals surface area (Å²) in [6.07, 6.45) is 5.62. The van der Waals surface area contributed by atoms with Gasteiger partial charge in [-0.15, -0.1) is 0 Å². The molecule has 0 bridgehead atoms. The Labute approximate surface area is 136 Å². The fourth-order valence-electron chi connectivity index (χ4n) is 3.13. The van der Waals surface area contributed by atoms with E-state index in [2.05, 4.69) is 12.2 Å². The third kappa shape index (κ3) is 3.35. The van der Waals surface area contributed by atoms with Gasteiger partial charge in [-0.05, 0) is 30.5 Å². The molecule has 1 heterocycles. The molecule has 1 amide bonds. The van der Waals surface area contributed by atoms with Gasteiger partial charge in [0.15, 0.2) is 0 Å². The van der Waals surface area contributed by atoms with Crippen LogP contribution >= 0.6 is 0 Å². The van der Waals surface area contributed by atoms with Gasteiger partial charge in [0.1, 0.15) is 0 Å². The minimum Gasteiger partial charge on any atom is -0.394 e. The molecule has 0 saturated heterocycles. The smallest absolute Gasteiger partial charge is 0.254 e. The van der Waals surface area contributed by atoms with Gasteiger partial charge in [0, 0.05) is 5.56 Å². The maximum absolute atomic E-state index is 13.1. The Bertz CT molecular complexity index is 667. The summed E-state index contributed by atoms with van der Waals surface area (Å²) in [5.74, 6) is -0.0257. The van der Waals surface area contributed by atoms with Crippen molar-refractivity contribution in [1.82, 2.24) is 4.90 Å². The van der Waals surface area contributed by atoms with Crippen molar-refractivity contribution in [1.29, 1.82) is 0 Å². The minimum absolute atomic E-state index is 0.0257. The predicted molar refractivity (Wildman–Crippen MR) is 91.0 cm³/mol. The van der Waals surface area contributed by atoms with Crippen molar-refractivity contribution in [2.24, 2.45) is 0 Å². The molecule has 118 valence electrons. The first kappa shape index (κ1) is 15.5. The van der Waals surface area contributed by atoms with E-state index in [0.29, 0.717) is 12.0 Å². The lowest BCUT2D eigenvalue weighted by atomic mass is 9.99. The molecule has 23 heavy (non-hydrogen) atoms. The van der Waals surface area contributed by atoms with Crippen molar-refractivity contribution < 1.29 is 9.90 Å². The fourth-order valence-corrected chi connectivity index (χ4v) is 3.13. The number of hydrogen-bond donors (Lipinski definition) is 1. The number of hydrogen-bond acceptors (Lipinski definition) is 2. The van der Waals surface area contributed by atoms with Crippen LogP contribution in [0.15, 0.2) is 72.8 Å². The second-order valence-corrected chi connectivity index (χ2v) is 5.78. The number of aliphatic hydroxyl groups is 1. The first-order chi connectivity index (χ1) is 11.3. The molecule has 3 nitrogen and oxygen atoms in total. The highest BCUT2D eigenvalue weighted by molar-refractivity contribution is 5.94. The number of carbonyl (C=O) groups excluding carboxylic acids is 1. The van der Waals surface area contributed by atoms with E-state index in [1.54, 1.807) is 0 Å². The molecule has 1 aliphatic heterocycles. The number of nitrogens with zero attached hydrogens (tertiary/aromatic N) is 1. The van der Waals surface area contributed by atoms with E-state index in [0.717, 1.165) is 12.0 Å². The topological polar surface area (TPSA) is 40.5 Å². The Morgan fingerprint density at radius 1 is 0.957 bits per heavy atom. The number of rotatable bonds is 3. The van der Waals surface area contributed by atoms with Crippen LogP contribution in [0, 0.1) is 0 Å². The monoisotopic (exact) mass is 307 g/mol. The van der Waals surface area contributed by atoms with Gasteiger partial charge in [-0.1, -0.05) is 60.7 Å². The lowest BCUT2D eigenvalue weighted by Gasteiger charge is -2.36. The molecule has 2 aromatic carbocycles. The summed E-state index contributed by atoms with van der Waals surface area (Å²) in [5.41, 5.74) is 1.76. The van der Waals surface area contributed by atoms with E-state index < -0.39 is 0 Å². The van der Waals surface area contributed by atoms with Crippen molar-refractivity contribution in [3.63, 3.8) is 0 Å². The molecule has 1 aliphatic rings. The molecule has 0 aliphatic carbocycles. The molecule has 0 aromatic heterocycles. The van der Waals surface area contributed by atoms with E-state index in [9.17, 15) is 9.90 Å². The zero-order chi connectivity index (χ0) is 16.1. The number of benzene rings is 2. The predicted octanol–water partition coefficient (Wildman–Crippen LogP) is 3.58. The Kier molecular flexibility index (Phi) is 4.89. The van der Waals surface area contributed by atoms with Crippen LogP contribution in [0.4, 0.5) is 0 Å². The molecule has 0 spiro atoms. The van der Waals surface area contributed by atoms with E-state index in [1.165, 1.54) is 0 Å². The molecule has 0 radical (unpaired) electrons. The van der Waals surface area contributed by atoms with Crippen LogP contribution in [0.5, 0.6) is 0 Å². The largest absolute Gasteiger partial charge is 0.394 e. The summed E-state index contributed by atoms with van der Waals surface area (Å²) in [6.45, 7) is -0.0355. The van der Waals surface area contributed by atoms with Gasteiger partial charge < -0.3 is 10.0 Å². The third-order valence-electron chi connectivity index (χ3n) is 4.31. The summed E-state index contributed by atoms with van der Waals surface area (Å²) >= 11 is 0. The van der Waals surface area contributed by atoms with Crippen molar-refractivity contribution in [2.45, 2.75) is 24.9 Å². The molecule has 0 unspecified atom stereocenters. The van der Waals surface area contributed by atoms with Crippen LogP contribution in [0.3, 0.4) is 0 Å². The first-order valence-electron chi connectivity index (χ1n) is 7.99. The maximum Gasteiger partial charge on any atom is 0.254 e. The van der Waals surface area contributed by atoms with Gasteiger partial charge in [-0.25, -0.2) is 0 Å². The highest BCUT2D eigenvalue weighted by Gasteiger charge is 2.32. The molecule has 3 heteroatoms. The van der Waals surface area contributed by atoms with Gasteiger partial charge in [-0.2, -0.15) is 0 Å². The minimum atomic E-state index is -0.202. The molecular formula is C20H21NO2. The van der Waals surface area contributed by atoms with Crippen LogP contribution in [0.2, 0.25) is 0 Å². The summed E-state index contributed by atoms with van der Waals surface area (Å²) in [7, 11) is 0.